The van der Waals surface area contributed by atoms with Crippen LogP contribution in [0.1, 0.15) is 90.8 Å². The van der Waals surface area contributed by atoms with Crippen molar-refractivity contribution < 1.29 is 23.1 Å². The molecule has 4 rings (SSSR count). The van der Waals surface area contributed by atoms with Crippen molar-refractivity contribution in [3.05, 3.63) is 81.9 Å². The van der Waals surface area contributed by atoms with Crippen molar-refractivity contribution >= 4 is 33.5 Å². The van der Waals surface area contributed by atoms with Crippen LogP contribution < -0.4 is 4.72 Å². The van der Waals surface area contributed by atoms with Gasteiger partial charge in [-0.1, -0.05) is 79.7 Å². The number of nitrogens with zero attached hydrogens (tertiary/aromatic N) is 2. The first kappa shape index (κ1) is 29.8. The topological polar surface area (TPSA) is 118 Å². The molecule has 214 valence electrons. The fraction of sp³-hybridized carbons (Fsp3) is 0.433. The average Bonchev–Trinajstić information content (AvgIpc) is 3.22. The first-order chi connectivity index (χ1) is 19.1. The summed E-state index contributed by atoms with van der Waals surface area (Å²) in [5, 5.41) is 9.71. The molecule has 3 aromatic rings. The maximum absolute atomic E-state index is 12.8. The maximum Gasteiger partial charge on any atom is 0.355 e. The van der Waals surface area contributed by atoms with Gasteiger partial charge in [-0.2, -0.15) is 0 Å². The van der Waals surface area contributed by atoms with E-state index in [9.17, 15) is 23.1 Å². The number of rotatable bonds is 11. The zero-order chi connectivity index (χ0) is 28.9. The Morgan fingerprint density at radius 1 is 1.07 bits per heavy atom. The van der Waals surface area contributed by atoms with Gasteiger partial charge >= 0.3 is 5.97 Å². The molecule has 1 fully saturated rings. The van der Waals surface area contributed by atoms with E-state index in [4.69, 9.17) is 11.6 Å². The predicted octanol–water partition coefficient (Wildman–Crippen LogP) is 6.10. The number of sulfonamides is 1. The number of aromatic carboxylic acids is 1. The van der Waals surface area contributed by atoms with E-state index in [1.807, 2.05) is 31.2 Å². The highest BCUT2D eigenvalue weighted by molar-refractivity contribution is 7.90. The van der Waals surface area contributed by atoms with Gasteiger partial charge in [-0.25, -0.2) is 22.9 Å². The van der Waals surface area contributed by atoms with Crippen LogP contribution in [0.25, 0.3) is 0 Å². The Labute approximate surface area is 240 Å². The summed E-state index contributed by atoms with van der Waals surface area (Å²) in [6, 6.07) is 14.4. The van der Waals surface area contributed by atoms with Crippen LogP contribution in [0.2, 0.25) is 5.15 Å². The number of imidazole rings is 1. The lowest BCUT2D eigenvalue weighted by atomic mass is 9.74. The predicted molar refractivity (Wildman–Crippen MR) is 154 cm³/mol. The lowest BCUT2D eigenvalue weighted by Gasteiger charge is -2.31. The summed E-state index contributed by atoms with van der Waals surface area (Å²) < 4.78 is 29.3. The number of aryl methyl sites for hydroxylation is 2. The van der Waals surface area contributed by atoms with Crippen molar-refractivity contribution in [1.29, 1.82) is 0 Å². The van der Waals surface area contributed by atoms with Gasteiger partial charge in [-0.3, -0.25) is 4.79 Å². The molecule has 0 spiro atoms. The summed E-state index contributed by atoms with van der Waals surface area (Å²) in [4.78, 5) is 29.1. The summed E-state index contributed by atoms with van der Waals surface area (Å²) in [5.74, 6) is -0.781. The van der Waals surface area contributed by atoms with Gasteiger partial charge in [0, 0.05) is 19.4 Å². The molecule has 0 saturated heterocycles. The van der Waals surface area contributed by atoms with E-state index >= 15 is 0 Å². The van der Waals surface area contributed by atoms with Crippen molar-refractivity contribution in [3.8, 4) is 0 Å². The molecule has 0 bridgehead atoms. The zero-order valence-corrected chi connectivity index (χ0v) is 24.5. The van der Waals surface area contributed by atoms with Crippen LogP contribution in [0.15, 0.2) is 53.4 Å². The number of aromatic nitrogens is 2. The first-order valence-corrected chi connectivity index (χ1v) is 15.6. The van der Waals surface area contributed by atoms with E-state index in [1.165, 1.54) is 12.1 Å². The van der Waals surface area contributed by atoms with E-state index < -0.39 is 21.9 Å². The maximum atomic E-state index is 12.8. The quantitative estimate of drug-likeness (QED) is 0.280. The van der Waals surface area contributed by atoms with E-state index in [0.717, 1.165) is 55.2 Å². The van der Waals surface area contributed by atoms with Crippen molar-refractivity contribution in [2.24, 2.45) is 5.92 Å². The van der Waals surface area contributed by atoms with Crippen LogP contribution >= 0.6 is 11.6 Å². The molecule has 0 unspecified atom stereocenters. The Bertz CT molecular complexity index is 1450. The van der Waals surface area contributed by atoms with Crippen LogP contribution in [-0.2, 0) is 27.8 Å². The van der Waals surface area contributed by atoms with Gasteiger partial charge in [0.25, 0.3) is 10.0 Å². The number of nitrogens with one attached hydrogen (secondary N) is 1. The third-order valence-corrected chi connectivity index (χ3v) is 9.30. The smallest absolute Gasteiger partial charge is 0.355 e. The third kappa shape index (κ3) is 7.12. The second-order valence-corrected chi connectivity index (χ2v) is 12.6. The highest BCUT2D eigenvalue weighted by Gasteiger charge is 2.30. The van der Waals surface area contributed by atoms with Crippen molar-refractivity contribution in [2.45, 2.75) is 82.6 Å². The summed E-state index contributed by atoms with van der Waals surface area (Å²) >= 11 is 6.17. The molecule has 1 saturated carbocycles. The van der Waals surface area contributed by atoms with Crippen LogP contribution in [0, 0.1) is 12.8 Å². The monoisotopic (exact) mass is 585 g/mol. The lowest BCUT2D eigenvalue weighted by Crippen LogP contribution is -2.33. The molecule has 0 radical (unpaired) electrons. The van der Waals surface area contributed by atoms with E-state index in [0.29, 0.717) is 18.8 Å². The number of hydrogen-bond donors (Lipinski definition) is 2. The standard InChI is InChI=1S/C30H36ClN3O5S/c1-3-4-9-26-32-29(31)28(30(36)37)34(26)19-21-12-14-22(15-13-21)25-8-6-5-7-23(25)18-27(35)33-40(38,39)24-16-10-20(2)11-17-24/h10-17,23,25H,3-9,18-19H2,1-2H3,(H,33,35)(H,36,37)/t23-,25-/m0/s1. The molecular formula is C30H36ClN3O5S. The van der Waals surface area contributed by atoms with Crippen LogP contribution in [-0.4, -0.2) is 35.0 Å². The number of carboxylic acid groups (broad SMARTS) is 1. The molecule has 0 aliphatic heterocycles. The summed E-state index contributed by atoms with van der Waals surface area (Å²) in [7, 11) is -3.92. The minimum absolute atomic E-state index is 0.00272. The molecule has 2 atom stereocenters. The number of carboxylic acids is 1. The van der Waals surface area contributed by atoms with Crippen molar-refractivity contribution in [1.82, 2.24) is 14.3 Å². The van der Waals surface area contributed by atoms with Gasteiger partial charge in [0.2, 0.25) is 5.91 Å². The molecule has 8 nitrogen and oxygen atoms in total. The van der Waals surface area contributed by atoms with Crippen LogP contribution in [0.5, 0.6) is 0 Å². The first-order valence-electron chi connectivity index (χ1n) is 13.8. The van der Waals surface area contributed by atoms with Gasteiger partial charge in [-0.15, -0.1) is 0 Å². The Morgan fingerprint density at radius 2 is 1.75 bits per heavy atom. The number of carbonyl (C=O) groups excluding carboxylic acids is 1. The fourth-order valence-electron chi connectivity index (χ4n) is 5.52. The molecule has 2 N–H and O–H groups in total. The fourth-order valence-corrected chi connectivity index (χ4v) is 6.79. The van der Waals surface area contributed by atoms with Crippen molar-refractivity contribution in [3.63, 3.8) is 0 Å². The lowest BCUT2D eigenvalue weighted by molar-refractivity contribution is -0.120. The Balaban J connectivity index is 1.47. The molecule has 40 heavy (non-hydrogen) atoms. The summed E-state index contributed by atoms with van der Waals surface area (Å²) in [6.45, 7) is 4.28. The Hall–Kier alpha value is -3.17. The van der Waals surface area contributed by atoms with E-state index in [1.54, 1.807) is 16.7 Å². The van der Waals surface area contributed by atoms with E-state index in [2.05, 4.69) is 16.6 Å². The normalized spacial score (nSPS) is 17.5. The Kier molecular flexibility index (Phi) is 9.68. The minimum Gasteiger partial charge on any atom is -0.476 e. The SMILES string of the molecule is CCCCc1nc(Cl)c(C(=O)O)n1Cc1ccc([C@@H]2CCCC[C@H]2CC(=O)NS(=O)(=O)c2ccc(C)cc2)cc1. The highest BCUT2D eigenvalue weighted by Crippen LogP contribution is 2.40. The van der Waals surface area contributed by atoms with Gasteiger partial charge < -0.3 is 9.67 Å². The number of halogens is 1. The number of amides is 1. The minimum atomic E-state index is -3.92. The molecule has 2 aromatic carbocycles. The Morgan fingerprint density at radius 3 is 2.40 bits per heavy atom. The number of benzene rings is 2. The molecule has 1 aliphatic carbocycles. The van der Waals surface area contributed by atoms with Gasteiger partial charge in [0.1, 0.15) is 5.82 Å². The van der Waals surface area contributed by atoms with Gasteiger partial charge in [-0.05, 0) is 61.3 Å². The molecule has 1 aliphatic rings. The third-order valence-electron chi connectivity index (χ3n) is 7.65. The molecule has 10 heteroatoms. The van der Waals surface area contributed by atoms with Crippen molar-refractivity contribution in [2.75, 3.05) is 0 Å². The van der Waals surface area contributed by atoms with Gasteiger partial charge in [0.15, 0.2) is 10.8 Å². The average molecular weight is 586 g/mol. The molecular weight excluding hydrogens is 550 g/mol. The van der Waals surface area contributed by atoms with Gasteiger partial charge in [0.05, 0.1) is 4.90 Å². The second-order valence-electron chi connectivity index (χ2n) is 10.6. The highest BCUT2D eigenvalue weighted by atomic mass is 35.5. The van der Waals surface area contributed by atoms with Crippen LogP contribution in [0.3, 0.4) is 0 Å². The van der Waals surface area contributed by atoms with Crippen LogP contribution in [0.4, 0.5) is 0 Å². The second kappa shape index (κ2) is 13.0. The number of carbonyl (C=O) groups is 2. The zero-order valence-electron chi connectivity index (χ0n) is 22.9. The summed E-state index contributed by atoms with van der Waals surface area (Å²) in [5.41, 5.74) is 2.95. The summed E-state index contributed by atoms with van der Waals surface area (Å²) in [6.07, 6.45) is 6.43. The largest absolute Gasteiger partial charge is 0.476 e. The number of unbranched alkanes of at least 4 members (excludes halogenated alkanes) is 1. The number of hydrogen-bond acceptors (Lipinski definition) is 5. The molecule has 1 amide bonds. The molecule has 1 aromatic heterocycles. The van der Waals surface area contributed by atoms with E-state index in [-0.39, 0.29) is 34.0 Å². The molecule has 1 heterocycles.